The number of aliphatic imine (C=N–C) groups is 1. The van der Waals surface area contributed by atoms with Crippen molar-refractivity contribution in [1.29, 1.82) is 0 Å². The molecule has 0 radical (unpaired) electrons. The number of pyridine rings is 1. The number of nitrogens with zero attached hydrogens (tertiary/aromatic N) is 3. The molecule has 2 rings (SSSR count). The van der Waals surface area contributed by atoms with Gasteiger partial charge in [0, 0.05) is 12.7 Å². The van der Waals surface area contributed by atoms with Gasteiger partial charge in [0.2, 0.25) is 0 Å². The van der Waals surface area contributed by atoms with Crippen LogP contribution in [0.15, 0.2) is 29.5 Å². The van der Waals surface area contributed by atoms with Crippen LogP contribution in [-0.4, -0.2) is 24.4 Å². The first-order chi connectivity index (χ1) is 5.47. The van der Waals surface area contributed by atoms with Crippen LogP contribution in [0.5, 0.6) is 0 Å². The molecule has 11 heavy (non-hydrogen) atoms. The highest BCUT2D eigenvalue weighted by atomic mass is 15.2. The summed E-state index contributed by atoms with van der Waals surface area (Å²) >= 11 is 0. The van der Waals surface area contributed by atoms with Gasteiger partial charge in [-0.3, -0.25) is 9.98 Å². The summed E-state index contributed by atoms with van der Waals surface area (Å²) in [6, 6.07) is 3.96. The monoisotopic (exact) mass is 147 g/mol. The smallest absolute Gasteiger partial charge is 0.0896 e. The molecule has 0 fully saturated rings. The minimum Gasteiger partial charge on any atom is -0.330 e. The van der Waals surface area contributed by atoms with Crippen molar-refractivity contribution in [1.82, 2.24) is 4.98 Å². The molecule has 0 atom stereocenters. The van der Waals surface area contributed by atoms with Crippen molar-refractivity contribution in [3.05, 3.63) is 24.5 Å². The van der Waals surface area contributed by atoms with Crippen molar-refractivity contribution < 1.29 is 0 Å². The minimum atomic E-state index is 0.898. The van der Waals surface area contributed by atoms with Gasteiger partial charge in [-0.05, 0) is 12.1 Å². The van der Waals surface area contributed by atoms with Gasteiger partial charge in [-0.2, -0.15) is 0 Å². The van der Waals surface area contributed by atoms with Crippen LogP contribution < -0.4 is 4.90 Å². The fourth-order valence-electron chi connectivity index (χ4n) is 1.10. The normalized spacial score (nSPS) is 15.8. The topological polar surface area (TPSA) is 28.5 Å². The second-order valence-corrected chi connectivity index (χ2v) is 2.43. The highest BCUT2D eigenvalue weighted by Crippen LogP contribution is 2.11. The molecule has 0 aliphatic carbocycles. The second kappa shape index (κ2) is 2.70. The fourth-order valence-corrected chi connectivity index (χ4v) is 1.10. The molecule has 0 unspecified atom stereocenters. The largest absolute Gasteiger partial charge is 0.330 e. The molecular formula is C8H9N3. The Morgan fingerprint density at radius 2 is 2.45 bits per heavy atom. The van der Waals surface area contributed by atoms with E-state index < -0.39 is 0 Å². The molecule has 3 heteroatoms. The van der Waals surface area contributed by atoms with E-state index in [9.17, 15) is 0 Å². The van der Waals surface area contributed by atoms with E-state index in [1.165, 1.54) is 0 Å². The zero-order valence-electron chi connectivity index (χ0n) is 6.14. The van der Waals surface area contributed by atoms with Crippen LogP contribution in [0.2, 0.25) is 0 Å². The number of hydrogen-bond acceptors (Lipinski definition) is 3. The molecule has 1 aromatic heterocycles. The van der Waals surface area contributed by atoms with Crippen LogP contribution in [0.4, 0.5) is 5.69 Å². The lowest BCUT2D eigenvalue weighted by Crippen LogP contribution is -2.17. The van der Waals surface area contributed by atoms with Crippen LogP contribution in [-0.2, 0) is 0 Å². The van der Waals surface area contributed by atoms with Crippen LogP contribution >= 0.6 is 0 Å². The van der Waals surface area contributed by atoms with Gasteiger partial charge in [-0.25, -0.2) is 0 Å². The van der Waals surface area contributed by atoms with Crippen LogP contribution in [0.25, 0.3) is 0 Å². The van der Waals surface area contributed by atoms with E-state index in [0.29, 0.717) is 0 Å². The molecule has 2 heterocycles. The molecular weight excluding hydrogens is 138 g/mol. The molecule has 0 spiro atoms. The third kappa shape index (κ3) is 1.22. The summed E-state index contributed by atoms with van der Waals surface area (Å²) < 4.78 is 0. The van der Waals surface area contributed by atoms with Gasteiger partial charge in [-0.15, -0.1) is 0 Å². The van der Waals surface area contributed by atoms with E-state index in [2.05, 4.69) is 14.9 Å². The van der Waals surface area contributed by atoms with Gasteiger partial charge in [0.1, 0.15) is 0 Å². The Labute approximate surface area is 65.4 Å². The van der Waals surface area contributed by atoms with E-state index in [4.69, 9.17) is 0 Å². The minimum absolute atomic E-state index is 0.898. The number of rotatable bonds is 1. The SMILES string of the molecule is C1=NCCN1c1cccnc1. The first-order valence-electron chi connectivity index (χ1n) is 3.63. The Morgan fingerprint density at radius 3 is 3.09 bits per heavy atom. The molecule has 1 aromatic rings. The van der Waals surface area contributed by atoms with Crippen LogP contribution in [0.1, 0.15) is 0 Å². The van der Waals surface area contributed by atoms with Crippen molar-refractivity contribution in [2.75, 3.05) is 18.0 Å². The van der Waals surface area contributed by atoms with Crippen LogP contribution in [0.3, 0.4) is 0 Å². The van der Waals surface area contributed by atoms with E-state index in [1.54, 1.807) is 6.20 Å². The lowest BCUT2D eigenvalue weighted by molar-refractivity contribution is 1.02. The molecule has 56 valence electrons. The maximum Gasteiger partial charge on any atom is 0.0896 e. The zero-order valence-corrected chi connectivity index (χ0v) is 6.14. The maximum absolute atomic E-state index is 4.11. The van der Waals surface area contributed by atoms with Crippen LogP contribution in [0, 0.1) is 0 Å². The molecule has 0 N–H and O–H groups in total. The lowest BCUT2D eigenvalue weighted by atomic mass is 10.4. The summed E-state index contributed by atoms with van der Waals surface area (Å²) in [5.41, 5.74) is 1.12. The molecule has 1 aliphatic rings. The lowest BCUT2D eigenvalue weighted by Gasteiger charge is -2.11. The van der Waals surface area contributed by atoms with E-state index in [0.717, 1.165) is 18.8 Å². The molecule has 1 aliphatic heterocycles. The standard InChI is InChI=1S/C8H9N3/c1-2-8(6-9-3-1)11-5-4-10-7-11/h1-3,6-7H,4-5H2. The van der Waals surface area contributed by atoms with E-state index >= 15 is 0 Å². The van der Waals surface area contributed by atoms with Gasteiger partial charge in [0.15, 0.2) is 0 Å². The van der Waals surface area contributed by atoms with Crippen molar-refractivity contribution in [3.8, 4) is 0 Å². The zero-order chi connectivity index (χ0) is 7.52. The van der Waals surface area contributed by atoms with Crippen molar-refractivity contribution in [2.45, 2.75) is 0 Å². The van der Waals surface area contributed by atoms with E-state index in [-0.39, 0.29) is 0 Å². The first kappa shape index (κ1) is 6.34. The Hall–Kier alpha value is -1.38. The summed E-state index contributed by atoms with van der Waals surface area (Å²) in [7, 11) is 0. The molecule has 0 bridgehead atoms. The molecule has 3 nitrogen and oxygen atoms in total. The van der Waals surface area contributed by atoms with Gasteiger partial charge in [-0.1, -0.05) is 0 Å². The van der Waals surface area contributed by atoms with Gasteiger partial charge in [0.25, 0.3) is 0 Å². The summed E-state index contributed by atoms with van der Waals surface area (Å²) in [6.07, 6.45) is 5.48. The highest BCUT2D eigenvalue weighted by molar-refractivity contribution is 5.80. The summed E-state index contributed by atoms with van der Waals surface area (Å²) in [6.45, 7) is 1.88. The Balaban J connectivity index is 2.23. The fraction of sp³-hybridized carbons (Fsp3) is 0.250. The maximum atomic E-state index is 4.11. The Morgan fingerprint density at radius 1 is 1.45 bits per heavy atom. The molecule has 0 amide bonds. The quantitative estimate of drug-likeness (QED) is 0.591. The van der Waals surface area contributed by atoms with Crippen molar-refractivity contribution in [3.63, 3.8) is 0 Å². The highest BCUT2D eigenvalue weighted by Gasteiger charge is 2.06. The average Bonchev–Trinajstić information content (AvgIpc) is 2.58. The van der Waals surface area contributed by atoms with Gasteiger partial charge < -0.3 is 4.90 Å². The predicted molar refractivity (Wildman–Crippen MR) is 44.9 cm³/mol. The average molecular weight is 147 g/mol. The van der Waals surface area contributed by atoms with Gasteiger partial charge >= 0.3 is 0 Å². The molecule has 0 saturated carbocycles. The Kier molecular flexibility index (Phi) is 1.55. The summed E-state index contributed by atoms with van der Waals surface area (Å²) in [5, 5.41) is 0. The summed E-state index contributed by atoms with van der Waals surface area (Å²) in [5.74, 6) is 0. The number of anilines is 1. The first-order valence-corrected chi connectivity index (χ1v) is 3.63. The predicted octanol–water partition coefficient (Wildman–Crippen LogP) is 0.930. The molecule has 0 saturated heterocycles. The van der Waals surface area contributed by atoms with Crippen molar-refractivity contribution in [2.24, 2.45) is 4.99 Å². The number of hydrogen-bond donors (Lipinski definition) is 0. The molecule has 0 aromatic carbocycles. The second-order valence-electron chi connectivity index (χ2n) is 2.43. The third-order valence-corrected chi connectivity index (χ3v) is 1.67. The third-order valence-electron chi connectivity index (χ3n) is 1.67. The number of aromatic nitrogens is 1. The Bertz CT molecular complexity index is 255. The van der Waals surface area contributed by atoms with Gasteiger partial charge in [0.05, 0.1) is 24.8 Å². The van der Waals surface area contributed by atoms with Crippen molar-refractivity contribution >= 4 is 12.0 Å². The van der Waals surface area contributed by atoms with E-state index in [1.807, 2.05) is 24.7 Å². The summed E-state index contributed by atoms with van der Waals surface area (Å²) in [4.78, 5) is 10.2.